The number of quaternary nitrogens is 1. The molecule has 2 heterocycles. The van der Waals surface area contributed by atoms with Gasteiger partial charge in [-0.15, -0.1) is 0 Å². The fourth-order valence-electron chi connectivity index (χ4n) is 2.71. The lowest BCUT2D eigenvalue weighted by molar-refractivity contribution is -0.921. The Kier molecular flexibility index (Phi) is 3.12. The Morgan fingerprint density at radius 3 is 2.14 bits per heavy atom. The first kappa shape index (κ1) is 10.4. The molecule has 4 heteroatoms. The van der Waals surface area contributed by atoms with Gasteiger partial charge in [0.1, 0.15) is 11.8 Å². The van der Waals surface area contributed by atoms with Crippen LogP contribution in [0.3, 0.4) is 0 Å². The highest BCUT2D eigenvalue weighted by molar-refractivity contribution is 7.91. The fraction of sp³-hybridized carbons (Fsp3) is 1.00. The predicted molar refractivity (Wildman–Crippen MR) is 56.2 cm³/mol. The van der Waals surface area contributed by atoms with Gasteiger partial charge in [0.15, 0.2) is 9.84 Å². The van der Waals surface area contributed by atoms with Crippen LogP contribution in [0.5, 0.6) is 0 Å². The third kappa shape index (κ3) is 2.48. The number of sulfone groups is 1. The van der Waals surface area contributed by atoms with Crippen molar-refractivity contribution in [2.75, 3.05) is 24.6 Å². The second kappa shape index (κ2) is 4.19. The molecular weight excluding hydrogens is 198 g/mol. The lowest BCUT2D eigenvalue weighted by Gasteiger charge is -2.22. The molecule has 0 aromatic rings. The number of hydrogen-bond donors (Lipinski definition) is 1. The van der Waals surface area contributed by atoms with E-state index in [1.807, 2.05) is 0 Å². The third-order valence-electron chi connectivity index (χ3n) is 3.56. The van der Waals surface area contributed by atoms with Gasteiger partial charge in [-0.2, -0.15) is 0 Å². The molecule has 0 radical (unpaired) electrons. The number of likely N-dealkylation sites (tertiary alicyclic amines) is 1. The Morgan fingerprint density at radius 2 is 1.64 bits per heavy atom. The van der Waals surface area contributed by atoms with Gasteiger partial charge in [0.2, 0.25) is 0 Å². The molecule has 2 rings (SSSR count). The average Bonchev–Trinajstić information content (AvgIpc) is 2.42. The molecular formula is C10H20NO2S+. The standard InChI is InChI=1S/C10H19NO2S/c12-14(13)8-5-10(9-14)11-6-3-1-2-4-7-11/h10H,1-9H2/p+1/t10-/m1/s1. The van der Waals surface area contributed by atoms with Crippen molar-refractivity contribution in [3.8, 4) is 0 Å². The first-order chi connectivity index (χ1) is 6.67. The van der Waals surface area contributed by atoms with Crippen molar-refractivity contribution >= 4 is 9.84 Å². The highest BCUT2D eigenvalue weighted by Crippen LogP contribution is 2.10. The molecule has 0 aromatic carbocycles. The molecule has 1 atom stereocenters. The Bertz CT molecular complexity index is 278. The van der Waals surface area contributed by atoms with E-state index in [9.17, 15) is 8.42 Å². The van der Waals surface area contributed by atoms with Crippen LogP contribution in [0.4, 0.5) is 0 Å². The third-order valence-corrected chi connectivity index (χ3v) is 5.32. The smallest absolute Gasteiger partial charge is 0.156 e. The monoisotopic (exact) mass is 218 g/mol. The quantitative estimate of drug-likeness (QED) is 0.652. The molecule has 0 aromatic heterocycles. The molecule has 2 fully saturated rings. The van der Waals surface area contributed by atoms with Gasteiger partial charge in [0.25, 0.3) is 0 Å². The largest absolute Gasteiger partial charge is 0.332 e. The number of nitrogens with one attached hydrogen (secondary N) is 1. The Labute approximate surface area is 86.4 Å². The summed E-state index contributed by atoms with van der Waals surface area (Å²) in [5, 5.41) is 0. The molecule has 2 aliphatic rings. The second-order valence-electron chi connectivity index (χ2n) is 4.67. The van der Waals surface area contributed by atoms with Gasteiger partial charge in [-0.05, 0) is 25.7 Å². The molecule has 1 N–H and O–H groups in total. The summed E-state index contributed by atoms with van der Waals surface area (Å²) in [4.78, 5) is 1.56. The first-order valence-electron chi connectivity index (χ1n) is 5.72. The van der Waals surface area contributed by atoms with Crippen molar-refractivity contribution in [3.05, 3.63) is 0 Å². The molecule has 2 aliphatic heterocycles. The fourth-order valence-corrected chi connectivity index (χ4v) is 4.53. The topological polar surface area (TPSA) is 38.6 Å². The Balaban J connectivity index is 1.94. The zero-order valence-corrected chi connectivity index (χ0v) is 9.48. The van der Waals surface area contributed by atoms with E-state index < -0.39 is 9.84 Å². The van der Waals surface area contributed by atoms with Gasteiger partial charge >= 0.3 is 0 Å². The van der Waals surface area contributed by atoms with Crippen LogP contribution in [0.1, 0.15) is 32.1 Å². The van der Waals surface area contributed by atoms with Crippen LogP contribution in [-0.2, 0) is 9.84 Å². The Morgan fingerprint density at radius 1 is 1.00 bits per heavy atom. The van der Waals surface area contributed by atoms with E-state index in [0.717, 1.165) is 6.42 Å². The van der Waals surface area contributed by atoms with Crippen LogP contribution in [0.25, 0.3) is 0 Å². The summed E-state index contributed by atoms with van der Waals surface area (Å²) in [5.41, 5.74) is 0. The van der Waals surface area contributed by atoms with Crippen molar-refractivity contribution < 1.29 is 13.3 Å². The van der Waals surface area contributed by atoms with E-state index in [1.165, 1.54) is 38.8 Å². The normalized spacial score (nSPS) is 34.1. The van der Waals surface area contributed by atoms with Crippen LogP contribution in [0.2, 0.25) is 0 Å². The van der Waals surface area contributed by atoms with Gasteiger partial charge in [-0.1, -0.05) is 0 Å². The van der Waals surface area contributed by atoms with Crippen molar-refractivity contribution in [1.29, 1.82) is 0 Å². The summed E-state index contributed by atoms with van der Waals surface area (Å²) in [6.45, 7) is 2.39. The lowest BCUT2D eigenvalue weighted by Crippen LogP contribution is -3.16. The second-order valence-corrected chi connectivity index (χ2v) is 6.90. The van der Waals surface area contributed by atoms with E-state index in [4.69, 9.17) is 0 Å². The van der Waals surface area contributed by atoms with E-state index in [1.54, 1.807) is 4.90 Å². The molecule has 0 aliphatic carbocycles. The van der Waals surface area contributed by atoms with E-state index in [0.29, 0.717) is 17.5 Å². The summed E-state index contributed by atoms with van der Waals surface area (Å²) in [6.07, 6.45) is 6.14. The zero-order chi connectivity index (χ0) is 10.0. The van der Waals surface area contributed by atoms with Crippen molar-refractivity contribution in [3.63, 3.8) is 0 Å². The first-order valence-corrected chi connectivity index (χ1v) is 7.54. The van der Waals surface area contributed by atoms with Gasteiger partial charge in [0.05, 0.1) is 18.8 Å². The summed E-state index contributed by atoms with van der Waals surface area (Å²) < 4.78 is 22.7. The molecule has 0 saturated carbocycles. The molecule has 82 valence electrons. The van der Waals surface area contributed by atoms with Crippen LogP contribution in [-0.4, -0.2) is 39.1 Å². The van der Waals surface area contributed by atoms with Gasteiger partial charge < -0.3 is 4.90 Å². The minimum Gasteiger partial charge on any atom is -0.332 e. The lowest BCUT2D eigenvalue weighted by atomic mass is 10.2. The molecule has 14 heavy (non-hydrogen) atoms. The molecule has 2 saturated heterocycles. The Hall–Kier alpha value is -0.0900. The minimum atomic E-state index is -2.68. The van der Waals surface area contributed by atoms with Crippen molar-refractivity contribution in [2.24, 2.45) is 0 Å². The minimum absolute atomic E-state index is 0.415. The SMILES string of the molecule is O=S1(=O)CC[C@@H]([NH+]2CCCCCC2)C1. The van der Waals surface area contributed by atoms with E-state index in [-0.39, 0.29) is 0 Å². The molecule has 0 spiro atoms. The van der Waals surface area contributed by atoms with Crippen LogP contribution >= 0.6 is 0 Å². The maximum atomic E-state index is 11.4. The van der Waals surface area contributed by atoms with Crippen LogP contribution in [0, 0.1) is 0 Å². The average molecular weight is 218 g/mol. The summed E-state index contributed by atoms with van der Waals surface area (Å²) in [6, 6.07) is 0.415. The highest BCUT2D eigenvalue weighted by Gasteiger charge is 2.35. The van der Waals surface area contributed by atoms with Crippen LogP contribution in [0.15, 0.2) is 0 Å². The van der Waals surface area contributed by atoms with Gasteiger partial charge in [-0.25, -0.2) is 8.42 Å². The molecule has 0 bridgehead atoms. The molecule has 3 nitrogen and oxygen atoms in total. The highest BCUT2D eigenvalue weighted by atomic mass is 32.2. The number of hydrogen-bond acceptors (Lipinski definition) is 2. The van der Waals surface area contributed by atoms with E-state index >= 15 is 0 Å². The number of rotatable bonds is 1. The molecule has 0 amide bonds. The predicted octanol–water partition coefficient (Wildman–Crippen LogP) is -0.368. The summed E-state index contributed by atoms with van der Waals surface area (Å²) in [5.74, 6) is 0.878. The van der Waals surface area contributed by atoms with E-state index in [2.05, 4.69) is 0 Å². The van der Waals surface area contributed by atoms with Crippen molar-refractivity contribution in [2.45, 2.75) is 38.1 Å². The van der Waals surface area contributed by atoms with Crippen molar-refractivity contribution in [1.82, 2.24) is 0 Å². The van der Waals surface area contributed by atoms with Crippen LogP contribution < -0.4 is 4.90 Å². The molecule has 0 unspecified atom stereocenters. The van der Waals surface area contributed by atoms with Gasteiger partial charge in [0, 0.05) is 6.42 Å². The summed E-state index contributed by atoms with van der Waals surface area (Å²) in [7, 11) is -2.68. The summed E-state index contributed by atoms with van der Waals surface area (Å²) >= 11 is 0. The maximum absolute atomic E-state index is 11.4. The zero-order valence-electron chi connectivity index (χ0n) is 8.67. The maximum Gasteiger partial charge on any atom is 0.156 e. The van der Waals surface area contributed by atoms with Gasteiger partial charge in [-0.3, -0.25) is 0 Å².